The van der Waals surface area contributed by atoms with E-state index in [2.05, 4.69) is 10.2 Å². The highest BCUT2D eigenvalue weighted by molar-refractivity contribution is 7.86. The predicted molar refractivity (Wildman–Crippen MR) is 66.8 cm³/mol. The van der Waals surface area contributed by atoms with E-state index in [-0.39, 0.29) is 17.2 Å². The van der Waals surface area contributed by atoms with Gasteiger partial charge in [-0.2, -0.15) is 18.6 Å². The first-order chi connectivity index (χ1) is 8.41. The van der Waals surface area contributed by atoms with Gasteiger partial charge in [-0.25, -0.2) is 0 Å². The van der Waals surface area contributed by atoms with Crippen LogP contribution in [0.1, 0.15) is 25.3 Å². The van der Waals surface area contributed by atoms with Gasteiger partial charge in [-0.3, -0.25) is 4.18 Å². The maximum Gasteiger partial charge on any atom is 0.296 e. The van der Waals surface area contributed by atoms with Crippen LogP contribution in [-0.4, -0.2) is 20.7 Å². The van der Waals surface area contributed by atoms with Gasteiger partial charge in [-0.1, -0.05) is 17.7 Å². The molecule has 1 aliphatic heterocycles. The topological polar surface area (TPSA) is 68.1 Å². The Labute approximate surface area is 107 Å². The molecule has 2 rings (SSSR count). The van der Waals surface area contributed by atoms with Crippen molar-refractivity contribution in [1.29, 1.82) is 0 Å². The third-order valence-electron chi connectivity index (χ3n) is 2.78. The molecular formula is C12H16N2O3S. The summed E-state index contributed by atoms with van der Waals surface area (Å²) < 4.78 is 28.6. The minimum atomic E-state index is -3.64. The molecule has 0 saturated heterocycles. The Morgan fingerprint density at radius 3 is 2.39 bits per heavy atom. The molecule has 98 valence electrons. The van der Waals surface area contributed by atoms with Crippen molar-refractivity contribution in [2.75, 3.05) is 6.61 Å². The number of benzene rings is 1. The van der Waals surface area contributed by atoms with E-state index in [1.807, 2.05) is 13.8 Å². The van der Waals surface area contributed by atoms with Crippen molar-refractivity contribution >= 4 is 10.1 Å². The monoisotopic (exact) mass is 268 g/mol. The van der Waals surface area contributed by atoms with Gasteiger partial charge in [0.15, 0.2) is 5.66 Å². The van der Waals surface area contributed by atoms with Crippen LogP contribution in [0.2, 0.25) is 0 Å². The van der Waals surface area contributed by atoms with Gasteiger partial charge in [0.2, 0.25) is 0 Å². The van der Waals surface area contributed by atoms with Crippen molar-refractivity contribution in [3.05, 3.63) is 29.8 Å². The predicted octanol–water partition coefficient (Wildman–Crippen LogP) is 2.66. The van der Waals surface area contributed by atoms with Gasteiger partial charge in [-0.05, 0) is 38.8 Å². The van der Waals surface area contributed by atoms with Gasteiger partial charge in [0.1, 0.15) is 0 Å². The van der Waals surface area contributed by atoms with Crippen molar-refractivity contribution in [2.45, 2.75) is 37.2 Å². The van der Waals surface area contributed by atoms with E-state index < -0.39 is 10.1 Å². The quantitative estimate of drug-likeness (QED) is 0.588. The standard InChI is InChI=1S/C12H16N2O3S/c1-10-4-6-11(7-5-10)18(15,16)17-9-3-8-12(2)13-14-12/h4-7H,3,8-9H2,1-2H3. The summed E-state index contributed by atoms with van der Waals surface area (Å²) >= 11 is 0. The van der Waals surface area contributed by atoms with Crippen molar-refractivity contribution in [1.82, 2.24) is 0 Å². The average molecular weight is 268 g/mol. The molecule has 0 unspecified atom stereocenters. The summed E-state index contributed by atoms with van der Waals surface area (Å²) in [7, 11) is -3.64. The Balaban J connectivity index is 1.85. The number of aryl methyl sites for hydroxylation is 1. The highest BCUT2D eigenvalue weighted by Gasteiger charge is 2.32. The Morgan fingerprint density at radius 2 is 1.83 bits per heavy atom. The highest BCUT2D eigenvalue weighted by atomic mass is 32.2. The van der Waals surface area contributed by atoms with Crippen LogP contribution in [0.25, 0.3) is 0 Å². The van der Waals surface area contributed by atoms with Gasteiger partial charge in [0, 0.05) is 0 Å². The lowest BCUT2D eigenvalue weighted by Crippen LogP contribution is -2.10. The lowest BCUT2D eigenvalue weighted by atomic mass is 10.1. The van der Waals surface area contributed by atoms with E-state index in [9.17, 15) is 8.42 Å². The summed E-state index contributed by atoms with van der Waals surface area (Å²) in [5, 5.41) is 7.71. The van der Waals surface area contributed by atoms with Crippen LogP contribution >= 0.6 is 0 Å². The molecule has 0 spiro atoms. The van der Waals surface area contributed by atoms with Gasteiger partial charge in [0.25, 0.3) is 10.1 Å². The van der Waals surface area contributed by atoms with Crippen LogP contribution < -0.4 is 0 Å². The molecule has 0 fully saturated rings. The first-order valence-corrected chi connectivity index (χ1v) is 7.22. The maximum absolute atomic E-state index is 11.8. The van der Waals surface area contributed by atoms with Crippen molar-refractivity contribution < 1.29 is 12.6 Å². The van der Waals surface area contributed by atoms with Gasteiger partial charge in [0.05, 0.1) is 11.5 Å². The third-order valence-corrected chi connectivity index (χ3v) is 4.11. The SMILES string of the molecule is Cc1ccc(S(=O)(=O)OCCCC2(C)N=N2)cc1. The van der Waals surface area contributed by atoms with E-state index in [4.69, 9.17) is 4.18 Å². The molecule has 18 heavy (non-hydrogen) atoms. The second-order valence-electron chi connectivity index (χ2n) is 4.61. The van der Waals surface area contributed by atoms with E-state index in [0.717, 1.165) is 12.0 Å². The molecular weight excluding hydrogens is 252 g/mol. The average Bonchev–Trinajstić information content (AvgIpc) is 3.04. The zero-order chi connectivity index (χ0) is 13.2. The molecule has 0 aromatic heterocycles. The van der Waals surface area contributed by atoms with Crippen molar-refractivity contribution in [3.63, 3.8) is 0 Å². The largest absolute Gasteiger partial charge is 0.296 e. The smallest absolute Gasteiger partial charge is 0.266 e. The number of rotatable bonds is 6. The first kappa shape index (κ1) is 13.2. The summed E-state index contributed by atoms with van der Waals surface area (Å²) in [5.74, 6) is 0. The number of hydrogen-bond acceptors (Lipinski definition) is 5. The molecule has 1 aromatic rings. The van der Waals surface area contributed by atoms with E-state index in [1.165, 1.54) is 0 Å². The fourth-order valence-electron chi connectivity index (χ4n) is 1.53. The molecule has 0 N–H and O–H groups in total. The first-order valence-electron chi connectivity index (χ1n) is 5.81. The summed E-state index contributed by atoms with van der Waals surface area (Å²) in [5.41, 5.74) is 0.718. The zero-order valence-corrected chi connectivity index (χ0v) is 11.3. The molecule has 0 radical (unpaired) electrons. The highest BCUT2D eigenvalue weighted by Crippen LogP contribution is 2.31. The fraction of sp³-hybridized carbons (Fsp3) is 0.500. The molecule has 1 aromatic carbocycles. The molecule has 0 bridgehead atoms. The molecule has 1 aliphatic rings. The molecule has 1 heterocycles. The van der Waals surface area contributed by atoms with Crippen LogP contribution in [0.15, 0.2) is 39.4 Å². The normalized spacial score (nSPS) is 16.8. The Morgan fingerprint density at radius 1 is 1.22 bits per heavy atom. The summed E-state index contributed by atoms with van der Waals surface area (Å²) in [6, 6.07) is 6.60. The van der Waals surface area contributed by atoms with Crippen LogP contribution in [0.3, 0.4) is 0 Å². The fourth-order valence-corrected chi connectivity index (χ4v) is 2.48. The van der Waals surface area contributed by atoms with Gasteiger partial charge >= 0.3 is 0 Å². The van der Waals surface area contributed by atoms with E-state index >= 15 is 0 Å². The minimum Gasteiger partial charge on any atom is -0.266 e. The second kappa shape index (κ2) is 4.78. The number of hydrogen-bond donors (Lipinski definition) is 0. The second-order valence-corrected chi connectivity index (χ2v) is 6.23. The third kappa shape index (κ3) is 3.36. The molecule has 0 amide bonds. The Kier molecular flexibility index (Phi) is 3.49. The molecule has 0 saturated carbocycles. The lowest BCUT2D eigenvalue weighted by Gasteiger charge is -2.06. The van der Waals surface area contributed by atoms with Crippen molar-refractivity contribution in [3.8, 4) is 0 Å². The van der Waals surface area contributed by atoms with E-state index in [1.54, 1.807) is 24.3 Å². The van der Waals surface area contributed by atoms with Gasteiger partial charge in [-0.15, -0.1) is 0 Å². The molecule has 0 aliphatic carbocycles. The van der Waals surface area contributed by atoms with Crippen LogP contribution in [0, 0.1) is 6.92 Å². The van der Waals surface area contributed by atoms with Crippen LogP contribution in [-0.2, 0) is 14.3 Å². The minimum absolute atomic E-state index is 0.164. The summed E-state index contributed by atoms with van der Waals surface area (Å²) in [6.45, 7) is 3.97. The Bertz CT molecular complexity index is 543. The molecule has 6 heteroatoms. The van der Waals surface area contributed by atoms with Crippen molar-refractivity contribution in [2.24, 2.45) is 10.2 Å². The van der Waals surface area contributed by atoms with Crippen LogP contribution in [0.4, 0.5) is 0 Å². The number of nitrogens with zero attached hydrogens (tertiary/aromatic N) is 2. The van der Waals surface area contributed by atoms with Crippen LogP contribution in [0.5, 0.6) is 0 Å². The zero-order valence-electron chi connectivity index (χ0n) is 10.5. The van der Waals surface area contributed by atoms with E-state index in [0.29, 0.717) is 6.42 Å². The summed E-state index contributed by atoms with van der Waals surface area (Å²) in [4.78, 5) is 0.195. The Hall–Kier alpha value is -1.27. The lowest BCUT2D eigenvalue weighted by molar-refractivity contribution is 0.301. The summed E-state index contributed by atoms with van der Waals surface area (Å²) in [6.07, 6.45) is 1.34. The van der Waals surface area contributed by atoms with Gasteiger partial charge < -0.3 is 0 Å². The molecule has 5 nitrogen and oxygen atoms in total. The maximum atomic E-state index is 11.8. The molecule has 0 atom stereocenters.